The van der Waals surface area contributed by atoms with E-state index in [1.54, 1.807) is 12.1 Å². The Bertz CT molecular complexity index is 227. The Hall–Kier alpha value is -0.800. The molecule has 1 aromatic carbocycles. The number of para-hydroxylation sites is 1. The Morgan fingerprint density at radius 2 is 2.00 bits per heavy atom. The van der Waals surface area contributed by atoms with Gasteiger partial charge >= 0.3 is 0 Å². The molecule has 2 nitrogen and oxygen atoms in total. The van der Waals surface area contributed by atoms with E-state index in [1.165, 1.54) is 12.1 Å². The van der Waals surface area contributed by atoms with Crippen LogP contribution < -0.4 is 10.4 Å². The molecule has 0 aromatic heterocycles. The molecular formula is C6H6ClFN2. The van der Waals surface area contributed by atoms with Gasteiger partial charge < -0.3 is 0 Å². The van der Waals surface area contributed by atoms with Gasteiger partial charge in [0.05, 0.1) is 0 Å². The highest BCUT2D eigenvalue weighted by Crippen LogP contribution is 2.16. The first-order valence-corrected chi connectivity index (χ1v) is 3.01. The summed E-state index contributed by atoms with van der Waals surface area (Å²) in [6.07, 6.45) is 0. The van der Waals surface area contributed by atoms with E-state index in [-0.39, 0.29) is 5.69 Å². The van der Waals surface area contributed by atoms with Gasteiger partial charge in [-0.15, -0.1) is 0 Å². The molecule has 0 aliphatic rings. The van der Waals surface area contributed by atoms with Gasteiger partial charge in [0.25, 0.3) is 0 Å². The topological polar surface area (TPSA) is 29.3 Å². The van der Waals surface area contributed by atoms with Crippen molar-refractivity contribution in [1.82, 2.24) is 0 Å². The van der Waals surface area contributed by atoms with E-state index in [0.717, 1.165) is 4.53 Å². The third kappa shape index (κ3) is 1.37. The molecule has 0 saturated heterocycles. The number of hydrogen-bond acceptors (Lipinski definition) is 2. The van der Waals surface area contributed by atoms with Gasteiger partial charge in [0.2, 0.25) is 0 Å². The van der Waals surface area contributed by atoms with E-state index in [1.807, 2.05) is 0 Å². The van der Waals surface area contributed by atoms with Crippen molar-refractivity contribution in [2.45, 2.75) is 0 Å². The van der Waals surface area contributed by atoms with Gasteiger partial charge in [-0.2, -0.15) is 0 Å². The van der Waals surface area contributed by atoms with Crippen LogP contribution in [0, 0.1) is 5.82 Å². The summed E-state index contributed by atoms with van der Waals surface area (Å²) in [6, 6.07) is 6.00. The van der Waals surface area contributed by atoms with Crippen LogP contribution >= 0.6 is 11.8 Å². The molecule has 10 heavy (non-hydrogen) atoms. The second kappa shape index (κ2) is 2.86. The minimum atomic E-state index is -0.431. The van der Waals surface area contributed by atoms with Crippen LogP contribution in [0.2, 0.25) is 0 Å². The molecule has 0 amide bonds. The van der Waals surface area contributed by atoms with Crippen LogP contribution in [-0.4, -0.2) is 0 Å². The monoisotopic (exact) mass is 160 g/mol. The fourth-order valence-corrected chi connectivity index (χ4v) is 0.762. The Kier molecular flexibility index (Phi) is 2.09. The molecule has 0 fully saturated rings. The zero-order valence-electron chi connectivity index (χ0n) is 5.09. The molecule has 0 spiro atoms. The molecular weight excluding hydrogens is 155 g/mol. The van der Waals surface area contributed by atoms with E-state index >= 15 is 0 Å². The van der Waals surface area contributed by atoms with Crippen molar-refractivity contribution in [2.24, 2.45) is 5.84 Å². The summed E-state index contributed by atoms with van der Waals surface area (Å²) < 4.78 is 13.4. The molecule has 0 atom stereocenters. The fraction of sp³-hybridized carbons (Fsp3) is 0. The first-order chi connectivity index (χ1) is 4.72. The lowest BCUT2D eigenvalue weighted by Gasteiger charge is -2.07. The predicted octanol–water partition coefficient (Wildman–Crippen LogP) is 1.66. The number of rotatable bonds is 1. The van der Waals surface area contributed by atoms with Crippen molar-refractivity contribution >= 4 is 17.5 Å². The van der Waals surface area contributed by atoms with Gasteiger partial charge in [-0.25, -0.2) is 14.8 Å². The molecule has 0 saturated carbocycles. The van der Waals surface area contributed by atoms with Crippen molar-refractivity contribution < 1.29 is 4.39 Å². The van der Waals surface area contributed by atoms with Gasteiger partial charge in [0.1, 0.15) is 11.5 Å². The normalized spacial score (nSPS) is 9.50. The minimum Gasteiger partial charge on any atom is -0.232 e. The lowest BCUT2D eigenvalue weighted by atomic mass is 10.3. The lowest BCUT2D eigenvalue weighted by Crippen LogP contribution is -2.19. The standard InChI is InChI=1S/C6H6ClFN2/c7-10(9)6-4-2-1-3-5(6)8/h1-4H,9H2. The molecule has 0 aliphatic carbocycles. The van der Waals surface area contributed by atoms with E-state index in [0.29, 0.717) is 0 Å². The van der Waals surface area contributed by atoms with Crippen LogP contribution in [0.5, 0.6) is 0 Å². The average molecular weight is 161 g/mol. The maximum Gasteiger partial charge on any atom is 0.149 e. The van der Waals surface area contributed by atoms with Crippen molar-refractivity contribution in [2.75, 3.05) is 4.53 Å². The predicted molar refractivity (Wildman–Crippen MR) is 38.9 cm³/mol. The van der Waals surface area contributed by atoms with Crippen LogP contribution in [0.3, 0.4) is 0 Å². The van der Waals surface area contributed by atoms with Crippen LogP contribution in [0.4, 0.5) is 10.1 Å². The van der Waals surface area contributed by atoms with E-state index < -0.39 is 5.82 Å². The Morgan fingerprint density at radius 1 is 1.40 bits per heavy atom. The van der Waals surface area contributed by atoms with Crippen LogP contribution in [-0.2, 0) is 0 Å². The summed E-state index contributed by atoms with van der Waals surface area (Å²) in [6.45, 7) is 0. The number of anilines is 1. The van der Waals surface area contributed by atoms with Crippen molar-refractivity contribution in [3.05, 3.63) is 30.1 Å². The van der Waals surface area contributed by atoms with Crippen molar-refractivity contribution in [1.29, 1.82) is 0 Å². The molecule has 0 aliphatic heterocycles. The molecule has 4 heteroatoms. The van der Waals surface area contributed by atoms with Crippen LogP contribution in [0.25, 0.3) is 0 Å². The van der Waals surface area contributed by atoms with Gasteiger partial charge in [0.15, 0.2) is 0 Å². The Labute approximate surface area is 63.1 Å². The van der Waals surface area contributed by atoms with Crippen molar-refractivity contribution in [3.8, 4) is 0 Å². The number of nitrogens with two attached hydrogens (primary N) is 1. The molecule has 0 radical (unpaired) electrons. The Morgan fingerprint density at radius 3 is 2.40 bits per heavy atom. The first kappa shape index (κ1) is 7.31. The summed E-state index contributed by atoms with van der Waals surface area (Å²) in [7, 11) is 0. The van der Waals surface area contributed by atoms with Crippen LogP contribution in [0.1, 0.15) is 0 Å². The second-order valence-electron chi connectivity index (χ2n) is 1.76. The summed E-state index contributed by atoms with van der Waals surface area (Å²) in [5, 5.41) is 0. The quantitative estimate of drug-likeness (QED) is 0.385. The molecule has 1 rings (SSSR count). The van der Waals surface area contributed by atoms with Gasteiger partial charge in [-0.1, -0.05) is 12.1 Å². The highest BCUT2D eigenvalue weighted by molar-refractivity contribution is 6.24. The zero-order valence-corrected chi connectivity index (χ0v) is 5.85. The number of hydrogen-bond donors (Lipinski definition) is 1. The SMILES string of the molecule is NN(Cl)c1ccccc1F. The van der Waals surface area contributed by atoms with Gasteiger partial charge in [-0.05, 0) is 12.1 Å². The average Bonchev–Trinajstić information content (AvgIpc) is 1.88. The third-order valence-electron chi connectivity index (χ3n) is 1.08. The third-order valence-corrected chi connectivity index (χ3v) is 1.26. The number of halogens is 2. The van der Waals surface area contributed by atoms with Crippen LogP contribution in [0.15, 0.2) is 24.3 Å². The minimum absolute atomic E-state index is 0.171. The fourth-order valence-electron chi connectivity index (χ4n) is 0.625. The Balaban J connectivity index is 3.03. The molecule has 54 valence electrons. The molecule has 0 unspecified atom stereocenters. The summed E-state index contributed by atoms with van der Waals surface area (Å²) in [4.78, 5) is 0. The van der Waals surface area contributed by atoms with E-state index in [2.05, 4.69) is 0 Å². The van der Waals surface area contributed by atoms with Gasteiger partial charge in [0, 0.05) is 11.8 Å². The molecule has 2 N–H and O–H groups in total. The van der Waals surface area contributed by atoms with Crippen molar-refractivity contribution in [3.63, 3.8) is 0 Å². The maximum absolute atomic E-state index is 12.6. The largest absolute Gasteiger partial charge is 0.232 e. The summed E-state index contributed by atoms with van der Waals surface area (Å²) in [5.74, 6) is 4.64. The summed E-state index contributed by atoms with van der Waals surface area (Å²) >= 11 is 5.28. The van der Waals surface area contributed by atoms with Gasteiger partial charge in [-0.3, -0.25) is 0 Å². The zero-order chi connectivity index (χ0) is 7.56. The highest BCUT2D eigenvalue weighted by atomic mass is 35.5. The number of nitrogens with zero attached hydrogens (tertiary/aromatic N) is 1. The molecule has 1 aromatic rings. The summed E-state index contributed by atoms with van der Waals surface area (Å²) in [5.41, 5.74) is 0.171. The molecule has 0 heterocycles. The first-order valence-electron chi connectivity index (χ1n) is 2.67. The number of hydrazine groups is 1. The number of benzene rings is 1. The highest BCUT2D eigenvalue weighted by Gasteiger charge is 2.02. The van der Waals surface area contributed by atoms with E-state index in [9.17, 15) is 4.39 Å². The lowest BCUT2D eigenvalue weighted by molar-refractivity contribution is 0.628. The van der Waals surface area contributed by atoms with E-state index in [4.69, 9.17) is 17.6 Å². The second-order valence-corrected chi connectivity index (χ2v) is 2.13. The molecule has 0 bridgehead atoms. The smallest absolute Gasteiger partial charge is 0.149 e. The maximum atomic E-state index is 12.6.